The highest BCUT2D eigenvalue weighted by Crippen LogP contribution is 2.36. The van der Waals surface area contributed by atoms with Crippen LogP contribution in [-0.4, -0.2) is 39.5 Å². The molecule has 1 fully saturated rings. The predicted octanol–water partition coefficient (Wildman–Crippen LogP) is 1.91. The van der Waals surface area contributed by atoms with Crippen LogP contribution in [0.2, 0.25) is 0 Å². The van der Waals surface area contributed by atoms with Gasteiger partial charge < -0.3 is 15.7 Å². The van der Waals surface area contributed by atoms with Crippen LogP contribution in [0.15, 0.2) is 18.3 Å². The third-order valence-electron chi connectivity index (χ3n) is 4.32. The van der Waals surface area contributed by atoms with Gasteiger partial charge in [-0.3, -0.25) is 9.59 Å². The molecule has 1 heterocycles. The molecule has 6 heteroatoms. The molecule has 0 spiro atoms. The number of rotatable bonds is 4. The molecule has 1 aromatic heterocycles. The quantitative estimate of drug-likeness (QED) is 0.883. The zero-order chi connectivity index (χ0) is 15.5. The van der Waals surface area contributed by atoms with Crippen molar-refractivity contribution in [2.24, 2.45) is 0 Å². The SMILES string of the molecule is CN(C(=O)c1ncccc1N)C1(CC(=O)O)CCCCC1. The van der Waals surface area contributed by atoms with Crippen molar-refractivity contribution in [2.75, 3.05) is 12.8 Å². The van der Waals surface area contributed by atoms with E-state index < -0.39 is 11.5 Å². The molecule has 0 bridgehead atoms. The summed E-state index contributed by atoms with van der Waals surface area (Å²) in [5.41, 5.74) is 5.68. The highest BCUT2D eigenvalue weighted by molar-refractivity contribution is 5.97. The molecular weight excluding hydrogens is 270 g/mol. The minimum atomic E-state index is -0.884. The van der Waals surface area contributed by atoms with E-state index in [1.807, 2.05) is 0 Å². The van der Waals surface area contributed by atoms with E-state index in [4.69, 9.17) is 5.73 Å². The lowest BCUT2D eigenvalue weighted by Crippen LogP contribution is -2.52. The van der Waals surface area contributed by atoms with Crippen LogP contribution in [0.4, 0.5) is 5.69 Å². The molecule has 21 heavy (non-hydrogen) atoms. The van der Waals surface area contributed by atoms with Gasteiger partial charge in [-0.2, -0.15) is 0 Å². The lowest BCUT2D eigenvalue weighted by molar-refractivity contribution is -0.140. The molecule has 0 unspecified atom stereocenters. The number of nitrogens with zero attached hydrogens (tertiary/aromatic N) is 2. The standard InChI is InChI=1S/C15H21N3O3/c1-18(14(21)13-11(16)6-5-9-17-13)15(10-12(19)20)7-3-2-4-8-15/h5-6,9H,2-4,7-8,10,16H2,1H3,(H,19,20). The number of anilines is 1. The molecule has 0 aromatic carbocycles. The smallest absolute Gasteiger partial charge is 0.305 e. The number of amides is 1. The summed E-state index contributed by atoms with van der Waals surface area (Å²) in [6.07, 6.45) is 5.83. The molecule has 6 nitrogen and oxygen atoms in total. The minimum Gasteiger partial charge on any atom is -0.481 e. The second kappa shape index (κ2) is 6.11. The normalized spacial score (nSPS) is 17.2. The average Bonchev–Trinajstić information content (AvgIpc) is 2.46. The van der Waals surface area contributed by atoms with Crippen LogP contribution in [0.5, 0.6) is 0 Å². The largest absolute Gasteiger partial charge is 0.481 e. The van der Waals surface area contributed by atoms with E-state index in [0.29, 0.717) is 18.5 Å². The maximum atomic E-state index is 12.6. The highest BCUT2D eigenvalue weighted by Gasteiger charge is 2.41. The van der Waals surface area contributed by atoms with Gasteiger partial charge in [0.2, 0.25) is 0 Å². The van der Waals surface area contributed by atoms with Crippen molar-refractivity contribution in [3.63, 3.8) is 0 Å². The number of pyridine rings is 1. The van der Waals surface area contributed by atoms with Gasteiger partial charge in [0.05, 0.1) is 17.6 Å². The lowest BCUT2D eigenvalue weighted by atomic mass is 9.78. The Morgan fingerprint density at radius 1 is 1.38 bits per heavy atom. The number of aliphatic carboxylic acids is 1. The van der Waals surface area contributed by atoms with Gasteiger partial charge in [-0.05, 0) is 25.0 Å². The highest BCUT2D eigenvalue weighted by atomic mass is 16.4. The summed E-state index contributed by atoms with van der Waals surface area (Å²) in [4.78, 5) is 29.4. The Kier molecular flexibility index (Phi) is 4.45. The van der Waals surface area contributed by atoms with Crippen molar-refractivity contribution >= 4 is 17.6 Å². The van der Waals surface area contributed by atoms with E-state index >= 15 is 0 Å². The monoisotopic (exact) mass is 291 g/mol. The number of carbonyl (C=O) groups excluding carboxylic acids is 1. The van der Waals surface area contributed by atoms with Crippen molar-refractivity contribution in [1.29, 1.82) is 0 Å². The van der Waals surface area contributed by atoms with Crippen molar-refractivity contribution < 1.29 is 14.7 Å². The summed E-state index contributed by atoms with van der Waals surface area (Å²) in [5, 5.41) is 9.21. The van der Waals surface area contributed by atoms with E-state index in [2.05, 4.69) is 4.98 Å². The Labute approximate surface area is 124 Å². The van der Waals surface area contributed by atoms with Crippen LogP contribution in [0, 0.1) is 0 Å². The van der Waals surface area contributed by atoms with Crippen LogP contribution >= 0.6 is 0 Å². The zero-order valence-electron chi connectivity index (χ0n) is 12.2. The van der Waals surface area contributed by atoms with Gasteiger partial charge in [0.25, 0.3) is 5.91 Å². The van der Waals surface area contributed by atoms with Gasteiger partial charge in [0, 0.05) is 13.2 Å². The Hall–Kier alpha value is -2.11. The fraction of sp³-hybridized carbons (Fsp3) is 0.533. The van der Waals surface area contributed by atoms with Crippen LogP contribution in [0.3, 0.4) is 0 Å². The first kappa shape index (κ1) is 15.3. The number of carboxylic acid groups (broad SMARTS) is 1. The molecule has 1 aliphatic rings. The Bertz CT molecular complexity index is 539. The van der Waals surface area contributed by atoms with Crippen LogP contribution in [0.1, 0.15) is 49.0 Å². The average molecular weight is 291 g/mol. The predicted molar refractivity (Wildman–Crippen MR) is 78.8 cm³/mol. The fourth-order valence-electron chi connectivity index (χ4n) is 3.09. The van der Waals surface area contributed by atoms with Crippen molar-refractivity contribution in [1.82, 2.24) is 9.88 Å². The van der Waals surface area contributed by atoms with Gasteiger partial charge in [-0.25, -0.2) is 4.98 Å². The summed E-state index contributed by atoms with van der Waals surface area (Å²) in [6.45, 7) is 0. The fourth-order valence-corrected chi connectivity index (χ4v) is 3.09. The Morgan fingerprint density at radius 2 is 2.05 bits per heavy atom. The third kappa shape index (κ3) is 3.15. The van der Waals surface area contributed by atoms with E-state index in [1.54, 1.807) is 24.1 Å². The Balaban J connectivity index is 2.29. The maximum absolute atomic E-state index is 12.6. The van der Waals surface area contributed by atoms with Gasteiger partial charge >= 0.3 is 5.97 Å². The molecule has 1 saturated carbocycles. The van der Waals surface area contributed by atoms with Gasteiger partial charge in [-0.1, -0.05) is 19.3 Å². The molecule has 2 rings (SSSR count). The summed E-state index contributed by atoms with van der Waals surface area (Å²) in [5.74, 6) is -1.19. The molecule has 1 amide bonds. The van der Waals surface area contributed by atoms with Gasteiger partial charge in [0.1, 0.15) is 0 Å². The summed E-state index contributed by atoms with van der Waals surface area (Å²) in [6, 6.07) is 3.29. The number of carboxylic acids is 1. The molecule has 0 saturated heterocycles. The molecule has 114 valence electrons. The second-order valence-electron chi connectivity index (χ2n) is 5.66. The van der Waals surface area contributed by atoms with Crippen LogP contribution in [0.25, 0.3) is 0 Å². The maximum Gasteiger partial charge on any atom is 0.305 e. The lowest BCUT2D eigenvalue weighted by Gasteiger charge is -2.43. The van der Waals surface area contributed by atoms with Crippen LogP contribution in [-0.2, 0) is 4.79 Å². The van der Waals surface area contributed by atoms with Crippen molar-refractivity contribution in [2.45, 2.75) is 44.1 Å². The summed E-state index contributed by atoms with van der Waals surface area (Å²) >= 11 is 0. The number of hydrogen-bond donors (Lipinski definition) is 2. The molecule has 0 radical (unpaired) electrons. The summed E-state index contributed by atoms with van der Waals surface area (Å²) in [7, 11) is 1.66. The molecular formula is C15H21N3O3. The second-order valence-corrected chi connectivity index (χ2v) is 5.66. The van der Waals surface area contributed by atoms with E-state index in [1.165, 1.54) is 6.20 Å². The number of nitrogen functional groups attached to an aromatic ring is 1. The van der Waals surface area contributed by atoms with E-state index in [0.717, 1.165) is 19.3 Å². The number of hydrogen-bond acceptors (Lipinski definition) is 4. The van der Waals surface area contributed by atoms with Crippen molar-refractivity contribution in [3.8, 4) is 0 Å². The molecule has 3 N–H and O–H groups in total. The third-order valence-corrected chi connectivity index (χ3v) is 4.32. The van der Waals surface area contributed by atoms with Gasteiger partial charge in [0.15, 0.2) is 5.69 Å². The first-order chi connectivity index (χ1) is 9.96. The van der Waals surface area contributed by atoms with Crippen molar-refractivity contribution in [3.05, 3.63) is 24.0 Å². The first-order valence-corrected chi connectivity index (χ1v) is 7.17. The van der Waals surface area contributed by atoms with Crippen LogP contribution < -0.4 is 5.73 Å². The number of aromatic nitrogens is 1. The molecule has 0 aliphatic heterocycles. The molecule has 1 aromatic rings. The van der Waals surface area contributed by atoms with E-state index in [-0.39, 0.29) is 18.0 Å². The zero-order valence-corrected chi connectivity index (χ0v) is 12.2. The number of carbonyl (C=O) groups is 2. The Morgan fingerprint density at radius 3 is 2.62 bits per heavy atom. The molecule has 1 aliphatic carbocycles. The number of nitrogens with two attached hydrogens (primary N) is 1. The molecule has 0 atom stereocenters. The topological polar surface area (TPSA) is 96.5 Å². The van der Waals surface area contributed by atoms with E-state index in [9.17, 15) is 14.7 Å². The minimum absolute atomic E-state index is 0.0397. The summed E-state index contributed by atoms with van der Waals surface area (Å²) < 4.78 is 0. The first-order valence-electron chi connectivity index (χ1n) is 7.17. The van der Waals surface area contributed by atoms with Gasteiger partial charge in [-0.15, -0.1) is 0 Å².